The number of rotatable bonds is 11. The number of carboxylic acid groups (broad SMARTS) is 1. The maximum atomic E-state index is 11.3. The highest BCUT2D eigenvalue weighted by molar-refractivity contribution is 5.90. The van der Waals surface area contributed by atoms with Gasteiger partial charge in [-0.2, -0.15) is 0 Å². The van der Waals surface area contributed by atoms with E-state index in [0.717, 1.165) is 36.8 Å². The molecule has 0 aliphatic heterocycles. The van der Waals surface area contributed by atoms with Crippen LogP contribution in [0.2, 0.25) is 0 Å². The van der Waals surface area contributed by atoms with Crippen molar-refractivity contribution in [2.75, 3.05) is 0 Å². The number of hydroxylamine groups is 1. The summed E-state index contributed by atoms with van der Waals surface area (Å²) in [5.74, 6) is -1.41. The number of unbranched alkanes of at least 4 members (excludes halogenated alkanes) is 3. The Hall–Kier alpha value is -2.18. The van der Waals surface area contributed by atoms with Crippen molar-refractivity contribution in [1.29, 1.82) is 0 Å². The molecule has 0 heterocycles. The maximum Gasteiger partial charge on any atom is 0.320 e. The van der Waals surface area contributed by atoms with E-state index in [2.05, 4.69) is 12.2 Å². The summed E-state index contributed by atoms with van der Waals surface area (Å²) in [6, 6.07) is 6.87. The van der Waals surface area contributed by atoms with E-state index in [4.69, 9.17) is 5.21 Å². The molecule has 0 aromatic heterocycles. The molecule has 0 saturated heterocycles. The summed E-state index contributed by atoms with van der Waals surface area (Å²) in [6.45, 7) is 2.61. The van der Waals surface area contributed by atoms with E-state index in [1.807, 2.05) is 24.3 Å². The number of carbonyl (C=O) groups excluding carboxylic acids is 1. The molecule has 1 aromatic rings. The smallest absolute Gasteiger partial charge is 0.320 e. The molecule has 1 atom stereocenters. The summed E-state index contributed by atoms with van der Waals surface area (Å²) < 4.78 is 0. The van der Waals surface area contributed by atoms with Crippen LogP contribution in [0.4, 0.5) is 0 Å². The van der Waals surface area contributed by atoms with Crippen LogP contribution < -0.4 is 10.8 Å². The first-order chi connectivity index (χ1) is 11.6. The van der Waals surface area contributed by atoms with Gasteiger partial charge in [0.05, 0.1) is 0 Å². The van der Waals surface area contributed by atoms with Crippen LogP contribution in [-0.4, -0.2) is 28.2 Å². The number of carbonyl (C=O) groups is 2. The zero-order valence-corrected chi connectivity index (χ0v) is 14.0. The van der Waals surface area contributed by atoms with Gasteiger partial charge < -0.3 is 10.4 Å². The molecule has 0 spiro atoms. The number of hydrogen-bond donors (Lipinski definition) is 4. The Morgan fingerprint density at radius 2 is 1.88 bits per heavy atom. The predicted molar refractivity (Wildman–Crippen MR) is 92.4 cm³/mol. The van der Waals surface area contributed by atoms with Crippen molar-refractivity contribution in [3.63, 3.8) is 0 Å². The Kier molecular flexibility index (Phi) is 9.41. The fourth-order valence-corrected chi connectivity index (χ4v) is 2.28. The van der Waals surface area contributed by atoms with Crippen LogP contribution in [0.3, 0.4) is 0 Å². The van der Waals surface area contributed by atoms with Crippen LogP contribution in [0.5, 0.6) is 0 Å². The van der Waals surface area contributed by atoms with Crippen LogP contribution in [0.1, 0.15) is 50.2 Å². The van der Waals surface area contributed by atoms with Crippen LogP contribution >= 0.6 is 0 Å². The molecule has 0 bridgehead atoms. The van der Waals surface area contributed by atoms with Gasteiger partial charge in [0.2, 0.25) is 0 Å². The Morgan fingerprint density at radius 3 is 2.46 bits per heavy atom. The third-order valence-electron chi connectivity index (χ3n) is 3.71. The summed E-state index contributed by atoms with van der Waals surface area (Å²) >= 11 is 0. The summed E-state index contributed by atoms with van der Waals surface area (Å²) in [5.41, 5.74) is 3.31. The number of hydrogen-bond acceptors (Lipinski definition) is 4. The first-order valence-corrected chi connectivity index (χ1v) is 8.24. The van der Waals surface area contributed by atoms with Gasteiger partial charge in [-0.1, -0.05) is 56.9 Å². The monoisotopic (exact) mass is 334 g/mol. The van der Waals surface area contributed by atoms with Crippen molar-refractivity contribution in [2.45, 2.75) is 51.6 Å². The Morgan fingerprint density at radius 1 is 1.17 bits per heavy atom. The van der Waals surface area contributed by atoms with E-state index in [1.54, 1.807) is 6.08 Å². The van der Waals surface area contributed by atoms with Crippen LogP contribution in [0, 0.1) is 0 Å². The molecule has 0 radical (unpaired) electrons. The van der Waals surface area contributed by atoms with Crippen LogP contribution in [0.25, 0.3) is 6.08 Å². The van der Waals surface area contributed by atoms with Gasteiger partial charge in [0.1, 0.15) is 6.04 Å². The lowest BCUT2D eigenvalue weighted by Gasteiger charge is -2.14. The molecule has 6 nitrogen and oxygen atoms in total. The van der Waals surface area contributed by atoms with E-state index >= 15 is 0 Å². The highest BCUT2D eigenvalue weighted by atomic mass is 16.5. The molecule has 1 unspecified atom stereocenters. The molecule has 132 valence electrons. The third kappa shape index (κ3) is 7.89. The number of benzene rings is 1. The molecule has 0 aliphatic carbocycles. The first kappa shape index (κ1) is 19.9. The normalized spacial score (nSPS) is 12.2. The highest BCUT2D eigenvalue weighted by Crippen LogP contribution is 2.09. The summed E-state index contributed by atoms with van der Waals surface area (Å²) in [6.07, 6.45) is 7.67. The number of amides is 1. The van der Waals surface area contributed by atoms with E-state index in [9.17, 15) is 14.7 Å². The van der Waals surface area contributed by atoms with Crippen molar-refractivity contribution in [1.82, 2.24) is 10.8 Å². The molecule has 4 N–H and O–H groups in total. The predicted octanol–water partition coefficient (Wildman–Crippen LogP) is 2.72. The maximum absolute atomic E-state index is 11.3. The zero-order valence-electron chi connectivity index (χ0n) is 14.0. The minimum Gasteiger partial charge on any atom is -0.480 e. The van der Waals surface area contributed by atoms with Gasteiger partial charge in [-0.25, -0.2) is 5.48 Å². The highest BCUT2D eigenvalue weighted by Gasteiger charge is 2.15. The first-order valence-electron chi connectivity index (χ1n) is 8.24. The molecule has 0 fully saturated rings. The van der Waals surface area contributed by atoms with Crippen LogP contribution in [0.15, 0.2) is 30.3 Å². The molecule has 0 aliphatic rings. The lowest BCUT2D eigenvalue weighted by Crippen LogP contribution is -2.36. The minimum absolute atomic E-state index is 0.478. The molecule has 1 rings (SSSR count). The summed E-state index contributed by atoms with van der Waals surface area (Å²) in [5, 5.41) is 20.8. The topological polar surface area (TPSA) is 98.7 Å². The average Bonchev–Trinajstić information content (AvgIpc) is 2.59. The van der Waals surface area contributed by atoms with Gasteiger partial charge in [0.15, 0.2) is 0 Å². The number of aliphatic carboxylic acids is 1. The van der Waals surface area contributed by atoms with Gasteiger partial charge in [0.25, 0.3) is 5.91 Å². The van der Waals surface area contributed by atoms with Crippen molar-refractivity contribution in [3.05, 3.63) is 41.5 Å². The lowest BCUT2D eigenvalue weighted by atomic mass is 10.1. The largest absolute Gasteiger partial charge is 0.480 e. The fourth-order valence-electron chi connectivity index (χ4n) is 2.28. The van der Waals surface area contributed by atoms with Gasteiger partial charge >= 0.3 is 5.97 Å². The second-order valence-electron chi connectivity index (χ2n) is 5.67. The Labute approximate surface area is 142 Å². The van der Waals surface area contributed by atoms with E-state index in [-0.39, 0.29) is 0 Å². The standard InChI is InChI=1S/C18H26N2O4/c1-2-3-4-5-6-16(18(22)23)19-13-15-9-7-14(8-10-15)11-12-17(21)20-24/h7-12,16,19,24H,2-6,13H2,1H3,(H,20,21)(H,22,23)/b12-11+. The SMILES string of the molecule is CCCCCCC(NCc1ccc(/C=C/C(=O)NO)cc1)C(=O)O. The molecular formula is C18H26N2O4. The van der Waals surface area contributed by atoms with Crippen LogP contribution in [-0.2, 0) is 16.1 Å². The van der Waals surface area contributed by atoms with Gasteiger partial charge in [-0.15, -0.1) is 0 Å². The van der Waals surface area contributed by atoms with E-state index < -0.39 is 17.9 Å². The number of nitrogens with one attached hydrogen (secondary N) is 2. The lowest BCUT2D eigenvalue weighted by molar-refractivity contribution is -0.139. The average molecular weight is 334 g/mol. The molecule has 1 amide bonds. The Balaban J connectivity index is 2.48. The van der Waals surface area contributed by atoms with E-state index in [1.165, 1.54) is 11.6 Å². The molecular weight excluding hydrogens is 308 g/mol. The van der Waals surface area contributed by atoms with E-state index in [0.29, 0.717) is 13.0 Å². The quantitative estimate of drug-likeness (QED) is 0.216. The van der Waals surface area contributed by atoms with Crippen molar-refractivity contribution >= 4 is 18.0 Å². The molecule has 1 aromatic carbocycles. The van der Waals surface area contributed by atoms with Gasteiger partial charge in [-0.3, -0.25) is 14.8 Å². The second kappa shape index (κ2) is 11.4. The van der Waals surface area contributed by atoms with Crippen molar-refractivity contribution < 1.29 is 19.9 Å². The summed E-state index contributed by atoms with van der Waals surface area (Å²) in [7, 11) is 0. The molecule has 0 saturated carbocycles. The van der Waals surface area contributed by atoms with Crippen molar-refractivity contribution in [2.24, 2.45) is 0 Å². The molecule has 6 heteroatoms. The zero-order chi connectivity index (χ0) is 17.8. The van der Waals surface area contributed by atoms with Gasteiger partial charge in [-0.05, 0) is 23.6 Å². The van der Waals surface area contributed by atoms with Crippen molar-refractivity contribution in [3.8, 4) is 0 Å². The third-order valence-corrected chi connectivity index (χ3v) is 3.71. The fraction of sp³-hybridized carbons (Fsp3) is 0.444. The summed E-state index contributed by atoms with van der Waals surface area (Å²) in [4.78, 5) is 22.2. The minimum atomic E-state index is -0.818. The Bertz CT molecular complexity index is 540. The second-order valence-corrected chi connectivity index (χ2v) is 5.67. The number of carboxylic acids is 1. The van der Waals surface area contributed by atoms with Gasteiger partial charge in [0, 0.05) is 12.6 Å². The molecule has 24 heavy (non-hydrogen) atoms.